The molecule has 2 atom stereocenters. The lowest BCUT2D eigenvalue weighted by Gasteiger charge is -2.21. The molecule has 2 amide bonds. The van der Waals surface area contributed by atoms with Crippen molar-refractivity contribution < 1.29 is 24.2 Å². The van der Waals surface area contributed by atoms with Crippen LogP contribution in [-0.4, -0.2) is 41.8 Å². The van der Waals surface area contributed by atoms with E-state index in [0.717, 1.165) is 28.7 Å². The highest BCUT2D eigenvalue weighted by Gasteiger charge is 2.30. The maximum absolute atomic E-state index is 12.7. The second-order valence-electron chi connectivity index (χ2n) is 8.35. The third-order valence-corrected chi connectivity index (χ3v) is 5.99. The van der Waals surface area contributed by atoms with Gasteiger partial charge in [0.15, 0.2) is 0 Å². The van der Waals surface area contributed by atoms with Gasteiger partial charge in [-0.15, -0.1) is 0 Å². The quantitative estimate of drug-likeness (QED) is 0.467. The van der Waals surface area contributed by atoms with Crippen LogP contribution in [0.4, 0.5) is 4.79 Å². The molecule has 0 radical (unpaired) electrons. The van der Waals surface area contributed by atoms with E-state index in [-0.39, 0.29) is 12.5 Å². The van der Waals surface area contributed by atoms with Crippen LogP contribution < -0.4 is 10.6 Å². The number of nitrogens with one attached hydrogen (secondary N) is 2. The number of ether oxygens (including phenoxy) is 1. The number of hydrogen-bond acceptors (Lipinski definition) is 4. The van der Waals surface area contributed by atoms with Crippen LogP contribution in [0.5, 0.6) is 0 Å². The van der Waals surface area contributed by atoms with Crippen molar-refractivity contribution in [3.63, 3.8) is 0 Å². The maximum Gasteiger partial charge on any atom is 0.407 e. The Morgan fingerprint density at radius 2 is 1.48 bits per heavy atom. The SMILES string of the molecule is CCCCC(NC(=O)C(CCC)NC(=O)OCC1c2ccccc2-c2ccccc21)C(=O)O. The molecule has 2 aromatic rings. The summed E-state index contributed by atoms with van der Waals surface area (Å²) in [7, 11) is 0. The van der Waals surface area contributed by atoms with Crippen molar-refractivity contribution in [2.45, 2.75) is 64.0 Å². The van der Waals surface area contributed by atoms with Crippen molar-refractivity contribution >= 4 is 18.0 Å². The maximum atomic E-state index is 12.7. The molecular weight excluding hydrogens is 420 g/mol. The molecule has 1 aliphatic carbocycles. The summed E-state index contributed by atoms with van der Waals surface area (Å²) in [5.74, 6) is -1.66. The van der Waals surface area contributed by atoms with E-state index in [1.807, 2.05) is 50.2 Å². The zero-order valence-corrected chi connectivity index (χ0v) is 19.2. The van der Waals surface area contributed by atoms with E-state index in [2.05, 4.69) is 22.8 Å². The molecule has 7 nitrogen and oxygen atoms in total. The third-order valence-electron chi connectivity index (χ3n) is 5.99. The van der Waals surface area contributed by atoms with Crippen LogP contribution in [0, 0.1) is 0 Å². The van der Waals surface area contributed by atoms with Crippen molar-refractivity contribution in [3.05, 3.63) is 59.7 Å². The van der Waals surface area contributed by atoms with Crippen LogP contribution >= 0.6 is 0 Å². The van der Waals surface area contributed by atoms with Crippen LogP contribution in [0.3, 0.4) is 0 Å². The lowest BCUT2D eigenvalue weighted by molar-refractivity contribution is -0.142. The van der Waals surface area contributed by atoms with Gasteiger partial charge < -0.3 is 20.5 Å². The number of carboxylic acid groups (broad SMARTS) is 1. The van der Waals surface area contributed by atoms with Crippen LogP contribution in [0.25, 0.3) is 11.1 Å². The molecule has 0 heterocycles. The Balaban J connectivity index is 1.62. The highest BCUT2D eigenvalue weighted by molar-refractivity contribution is 5.89. The number of rotatable bonds is 11. The molecule has 0 spiro atoms. The van der Waals surface area contributed by atoms with Gasteiger partial charge in [0.25, 0.3) is 0 Å². The van der Waals surface area contributed by atoms with Crippen molar-refractivity contribution in [2.75, 3.05) is 6.61 Å². The number of carbonyl (C=O) groups is 3. The van der Waals surface area contributed by atoms with Crippen molar-refractivity contribution in [2.24, 2.45) is 0 Å². The van der Waals surface area contributed by atoms with Gasteiger partial charge in [0.2, 0.25) is 5.91 Å². The number of aliphatic carboxylic acids is 1. The average Bonchev–Trinajstić information content (AvgIpc) is 3.13. The Labute approximate surface area is 194 Å². The Morgan fingerprint density at radius 3 is 2.03 bits per heavy atom. The fraction of sp³-hybridized carbons (Fsp3) is 0.423. The number of carboxylic acids is 1. The Bertz CT molecular complexity index is 945. The zero-order chi connectivity index (χ0) is 23.8. The molecule has 0 saturated carbocycles. The summed E-state index contributed by atoms with van der Waals surface area (Å²) in [4.78, 5) is 36.7. The van der Waals surface area contributed by atoms with Gasteiger partial charge in [0.1, 0.15) is 18.7 Å². The van der Waals surface area contributed by atoms with Crippen LogP contribution in [0.15, 0.2) is 48.5 Å². The first kappa shape index (κ1) is 24.3. The molecule has 0 fully saturated rings. The minimum absolute atomic E-state index is 0.0768. The summed E-state index contributed by atoms with van der Waals surface area (Å²) in [5.41, 5.74) is 4.48. The van der Waals surface area contributed by atoms with Gasteiger partial charge in [-0.05, 0) is 35.1 Å². The summed E-state index contributed by atoms with van der Waals surface area (Å²) in [6.45, 7) is 4.00. The molecule has 7 heteroatoms. The smallest absolute Gasteiger partial charge is 0.407 e. The minimum Gasteiger partial charge on any atom is -0.480 e. The Hall–Kier alpha value is -3.35. The second-order valence-corrected chi connectivity index (χ2v) is 8.35. The molecule has 2 unspecified atom stereocenters. The van der Waals surface area contributed by atoms with Gasteiger partial charge in [0, 0.05) is 5.92 Å². The van der Waals surface area contributed by atoms with Crippen molar-refractivity contribution in [1.82, 2.24) is 10.6 Å². The Kier molecular flexibility index (Phi) is 8.46. The standard InChI is InChI=1S/C26H32N2O5/c1-3-5-15-23(25(30)31)27-24(29)22(10-4-2)28-26(32)33-16-21-19-13-8-6-11-17(19)18-12-7-9-14-20(18)21/h6-9,11-14,21-23H,3-5,10,15-16H2,1-2H3,(H,27,29)(H,28,32)(H,30,31). The number of fused-ring (bicyclic) bond motifs is 3. The minimum atomic E-state index is -1.08. The number of amides is 2. The van der Waals surface area contributed by atoms with E-state index >= 15 is 0 Å². The number of alkyl carbamates (subject to hydrolysis) is 1. The van der Waals surface area contributed by atoms with E-state index in [1.54, 1.807) is 0 Å². The first-order chi connectivity index (χ1) is 16.0. The number of benzene rings is 2. The molecule has 3 N–H and O–H groups in total. The first-order valence-corrected chi connectivity index (χ1v) is 11.6. The molecule has 0 saturated heterocycles. The third kappa shape index (κ3) is 5.92. The fourth-order valence-corrected chi connectivity index (χ4v) is 4.28. The molecule has 3 rings (SSSR count). The lowest BCUT2D eigenvalue weighted by Crippen LogP contribution is -2.51. The highest BCUT2D eigenvalue weighted by atomic mass is 16.5. The molecule has 0 aromatic heterocycles. The van der Waals surface area contributed by atoms with E-state index in [4.69, 9.17) is 4.74 Å². The molecule has 33 heavy (non-hydrogen) atoms. The van der Waals surface area contributed by atoms with Gasteiger partial charge in [-0.1, -0.05) is 81.6 Å². The fourth-order valence-electron chi connectivity index (χ4n) is 4.28. The van der Waals surface area contributed by atoms with Crippen molar-refractivity contribution in [3.8, 4) is 11.1 Å². The molecule has 2 aromatic carbocycles. The predicted octanol–water partition coefficient (Wildman–Crippen LogP) is 4.45. The van der Waals surface area contributed by atoms with E-state index in [9.17, 15) is 19.5 Å². The lowest BCUT2D eigenvalue weighted by atomic mass is 9.98. The molecule has 0 bridgehead atoms. The topological polar surface area (TPSA) is 105 Å². The normalized spacial score (nSPS) is 14.0. The van der Waals surface area contributed by atoms with Crippen molar-refractivity contribution in [1.29, 1.82) is 0 Å². The number of carbonyl (C=O) groups excluding carboxylic acids is 2. The predicted molar refractivity (Wildman–Crippen MR) is 126 cm³/mol. The number of hydrogen-bond donors (Lipinski definition) is 3. The van der Waals surface area contributed by atoms with Crippen LogP contribution in [0.2, 0.25) is 0 Å². The average molecular weight is 453 g/mol. The molecule has 176 valence electrons. The van der Waals surface area contributed by atoms with Gasteiger partial charge in [-0.25, -0.2) is 9.59 Å². The summed E-state index contributed by atoms with van der Waals surface area (Å²) in [6.07, 6.45) is 2.21. The highest BCUT2D eigenvalue weighted by Crippen LogP contribution is 2.44. The molecule has 0 aliphatic heterocycles. The van der Waals surface area contributed by atoms with E-state index < -0.39 is 30.1 Å². The Morgan fingerprint density at radius 1 is 0.879 bits per heavy atom. The monoisotopic (exact) mass is 452 g/mol. The summed E-state index contributed by atoms with van der Waals surface area (Å²) < 4.78 is 5.54. The molecular formula is C26H32N2O5. The van der Waals surface area contributed by atoms with E-state index in [1.165, 1.54) is 0 Å². The van der Waals surface area contributed by atoms with Crippen LogP contribution in [-0.2, 0) is 14.3 Å². The summed E-state index contributed by atoms with van der Waals surface area (Å²) in [5, 5.41) is 14.6. The summed E-state index contributed by atoms with van der Waals surface area (Å²) >= 11 is 0. The second kappa shape index (κ2) is 11.5. The zero-order valence-electron chi connectivity index (χ0n) is 19.2. The molecule has 1 aliphatic rings. The van der Waals surface area contributed by atoms with Gasteiger partial charge in [0.05, 0.1) is 0 Å². The largest absolute Gasteiger partial charge is 0.480 e. The van der Waals surface area contributed by atoms with Crippen LogP contribution in [0.1, 0.15) is 63.0 Å². The van der Waals surface area contributed by atoms with Gasteiger partial charge in [-0.2, -0.15) is 0 Å². The number of unbranched alkanes of at least 4 members (excludes halogenated alkanes) is 1. The summed E-state index contributed by atoms with van der Waals surface area (Å²) in [6, 6.07) is 14.3. The first-order valence-electron chi connectivity index (χ1n) is 11.6. The van der Waals surface area contributed by atoms with E-state index in [0.29, 0.717) is 25.7 Å². The van der Waals surface area contributed by atoms with Gasteiger partial charge in [-0.3, -0.25) is 4.79 Å². The van der Waals surface area contributed by atoms with Gasteiger partial charge >= 0.3 is 12.1 Å².